The average molecular weight is 276 g/mol. The second-order valence-corrected chi connectivity index (χ2v) is 3.41. The molecule has 0 amide bonds. The van der Waals surface area contributed by atoms with Crippen molar-refractivity contribution in [1.29, 1.82) is 0 Å². The first-order chi connectivity index (χ1) is 5.69. The lowest BCUT2D eigenvalue weighted by Gasteiger charge is -2.00. The fourth-order valence-electron chi connectivity index (χ4n) is 0.822. The molecule has 1 aromatic carbocycles. The highest BCUT2D eigenvalue weighted by Gasteiger charge is 2.06. The minimum Gasteiger partial charge on any atom is -0.506 e. The van der Waals surface area contributed by atoms with Crippen molar-refractivity contribution in [3.8, 4) is 5.75 Å². The molecule has 0 saturated carbocycles. The maximum absolute atomic E-state index is 10.4. The second-order valence-electron chi connectivity index (χ2n) is 2.17. The molecule has 4 heteroatoms. The maximum atomic E-state index is 10.4. The molecule has 0 radical (unpaired) electrons. The van der Waals surface area contributed by atoms with Crippen LogP contribution in [0, 0.1) is 3.57 Å². The van der Waals surface area contributed by atoms with E-state index < -0.39 is 0 Å². The first kappa shape index (κ1) is 9.18. The Morgan fingerprint density at radius 1 is 1.17 bits per heavy atom. The van der Waals surface area contributed by atoms with Gasteiger partial charge in [-0.25, -0.2) is 0 Å². The Kier molecular flexibility index (Phi) is 2.80. The van der Waals surface area contributed by atoms with E-state index in [9.17, 15) is 14.7 Å². The zero-order valence-electron chi connectivity index (χ0n) is 5.95. The number of hydrogen-bond acceptors (Lipinski definition) is 3. The smallest absolute Gasteiger partial charge is 0.153 e. The largest absolute Gasteiger partial charge is 0.506 e. The third-order valence-corrected chi connectivity index (χ3v) is 2.01. The number of benzene rings is 1. The van der Waals surface area contributed by atoms with E-state index in [1.165, 1.54) is 12.1 Å². The molecule has 0 aliphatic heterocycles. The monoisotopic (exact) mass is 276 g/mol. The molecule has 3 nitrogen and oxygen atoms in total. The van der Waals surface area contributed by atoms with E-state index in [-0.39, 0.29) is 16.9 Å². The van der Waals surface area contributed by atoms with Crippen molar-refractivity contribution >= 4 is 35.2 Å². The van der Waals surface area contributed by atoms with Gasteiger partial charge in [-0.2, -0.15) is 0 Å². The van der Waals surface area contributed by atoms with Crippen LogP contribution < -0.4 is 0 Å². The molecule has 0 unspecified atom stereocenters. The summed E-state index contributed by atoms with van der Waals surface area (Å²) >= 11 is 1.97. The van der Waals surface area contributed by atoms with Gasteiger partial charge < -0.3 is 5.11 Å². The van der Waals surface area contributed by atoms with Crippen LogP contribution in [0.4, 0.5) is 0 Å². The van der Waals surface area contributed by atoms with Crippen molar-refractivity contribution in [2.75, 3.05) is 0 Å². The van der Waals surface area contributed by atoms with Gasteiger partial charge in [0.2, 0.25) is 0 Å². The number of aromatic hydroxyl groups is 1. The predicted octanol–water partition coefficient (Wildman–Crippen LogP) is 1.62. The van der Waals surface area contributed by atoms with Crippen molar-refractivity contribution < 1.29 is 14.7 Å². The van der Waals surface area contributed by atoms with E-state index in [0.717, 1.165) is 3.57 Å². The molecule has 0 saturated heterocycles. The van der Waals surface area contributed by atoms with Gasteiger partial charge in [-0.3, -0.25) is 9.59 Å². The van der Waals surface area contributed by atoms with Crippen molar-refractivity contribution in [2.24, 2.45) is 0 Å². The molecule has 0 spiro atoms. The highest BCUT2D eigenvalue weighted by Crippen LogP contribution is 2.22. The van der Waals surface area contributed by atoms with E-state index in [4.69, 9.17) is 0 Å². The first-order valence-electron chi connectivity index (χ1n) is 3.12. The lowest BCUT2D eigenvalue weighted by molar-refractivity contribution is 0.112. The number of halogens is 1. The van der Waals surface area contributed by atoms with Crippen molar-refractivity contribution in [3.05, 3.63) is 26.8 Å². The number of hydrogen-bond donors (Lipinski definition) is 1. The zero-order valence-corrected chi connectivity index (χ0v) is 8.11. The summed E-state index contributed by atoms with van der Waals surface area (Å²) in [6, 6.07) is 3.02. The summed E-state index contributed by atoms with van der Waals surface area (Å²) in [5.41, 5.74) is 0.285. The lowest BCUT2D eigenvalue weighted by atomic mass is 10.1. The maximum Gasteiger partial charge on any atom is 0.153 e. The minimum absolute atomic E-state index is 0.143. The molecule has 0 bridgehead atoms. The van der Waals surface area contributed by atoms with Crippen LogP contribution in [0.15, 0.2) is 12.1 Å². The average Bonchev–Trinajstić information content (AvgIpc) is 2.08. The molecule has 0 aliphatic rings. The van der Waals surface area contributed by atoms with E-state index in [2.05, 4.69) is 0 Å². The summed E-state index contributed by atoms with van der Waals surface area (Å²) in [7, 11) is 0. The number of carbonyl (C=O) groups excluding carboxylic acids is 2. The Morgan fingerprint density at radius 2 is 1.58 bits per heavy atom. The molecular formula is C8H5IO3. The number of phenols is 1. The Balaban J connectivity index is 3.41. The van der Waals surface area contributed by atoms with Gasteiger partial charge in [0.25, 0.3) is 0 Å². The summed E-state index contributed by atoms with van der Waals surface area (Å²) < 4.78 is 0.745. The summed E-state index contributed by atoms with van der Waals surface area (Å²) in [4.78, 5) is 20.7. The summed E-state index contributed by atoms with van der Waals surface area (Å²) in [5.74, 6) is -0.250. The predicted molar refractivity (Wildman–Crippen MR) is 51.6 cm³/mol. The summed E-state index contributed by atoms with van der Waals surface area (Å²) in [6.07, 6.45) is 1.04. The molecule has 0 aromatic heterocycles. The minimum atomic E-state index is -0.250. The van der Waals surface area contributed by atoms with Gasteiger partial charge in [-0.15, -0.1) is 0 Å². The van der Waals surface area contributed by atoms with Gasteiger partial charge in [-0.05, 0) is 34.7 Å². The van der Waals surface area contributed by atoms with Gasteiger partial charge in [0.05, 0.1) is 11.1 Å². The molecule has 1 rings (SSSR count). The van der Waals surface area contributed by atoms with Crippen LogP contribution in [0.2, 0.25) is 0 Å². The van der Waals surface area contributed by atoms with Gasteiger partial charge in [-0.1, -0.05) is 0 Å². The van der Waals surface area contributed by atoms with Crippen LogP contribution in [0.1, 0.15) is 20.7 Å². The highest BCUT2D eigenvalue weighted by atomic mass is 127. The topological polar surface area (TPSA) is 54.4 Å². The van der Waals surface area contributed by atoms with Crippen molar-refractivity contribution in [1.82, 2.24) is 0 Å². The fraction of sp³-hybridized carbons (Fsp3) is 0. The van der Waals surface area contributed by atoms with Crippen LogP contribution in [0.5, 0.6) is 5.75 Å². The first-order valence-corrected chi connectivity index (χ1v) is 4.19. The van der Waals surface area contributed by atoms with E-state index in [0.29, 0.717) is 12.6 Å². The molecule has 0 atom stereocenters. The number of carbonyl (C=O) groups is 2. The third kappa shape index (κ3) is 1.63. The van der Waals surface area contributed by atoms with Crippen LogP contribution in [-0.4, -0.2) is 17.7 Å². The van der Waals surface area contributed by atoms with Gasteiger partial charge >= 0.3 is 0 Å². The van der Waals surface area contributed by atoms with Gasteiger partial charge in [0.1, 0.15) is 5.75 Å². The standard InChI is InChI=1S/C8H5IO3/c9-7-1-5(3-10)8(12)6(2-7)4-11/h1-4,12H. The number of aldehydes is 2. The Bertz CT molecular complexity index is 304. The van der Waals surface area contributed by atoms with Crippen LogP contribution in [0.25, 0.3) is 0 Å². The SMILES string of the molecule is O=Cc1cc(I)cc(C=O)c1O. The van der Waals surface area contributed by atoms with Gasteiger partial charge in [0, 0.05) is 3.57 Å². The van der Waals surface area contributed by atoms with E-state index >= 15 is 0 Å². The molecular weight excluding hydrogens is 271 g/mol. The van der Waals surface area contributed by atoms with Crippen molar-refractivity contribution in [3.63, 3.8) is 0 Å². The number of phenolic OH excluding ortho intramolecular Hbond substituents is 1. The van der Waals surface area contributed by atoms with Crippen LogP contribution in [-0.2, 0) is 0 Å². The van der Waals surface area contributed by atoms with E-state index in [1.54, 1.807) is 0 Å². The summed E-state index contributed by atoms with van der Waals surface area (Å²) in [5, 5.41) is 9.25. The molecule has 1 N–H and O–H groups in total. The molecule has 1 aromatic rings. The fourth-order valence-corrected chi connectivity index (χ4v) is 1.49. The molecule has 62 valence electrons. The molecule has 0 heterocycles. The Hall–Kier alpha value is -0.910. The number of rotatable bonds is 2. The third-order valence-electron chi connectivity index (χ3n) is 1.39. The second kappa shape index (κ2) is 3.66. The zero-order chi connectivity index (χ0) is 9.14. The molecule has 0 fully saturated rings. The Morgan fingerprint density at radius 3 is 1.92 bits per heavy atom. The van der Waals surface area contributed by atoms with Gasteiger partial charge in [0.15, 0.2) is 12.6 Å². The highest BCUT2D eigenvalue weighted by molar-refractivity contribution is 14.1. The van der Waals surface area contributed by atoms with E-state index in [1.807, 2.05) is 22.6 Å². The molecule has 0 aliphatic carbocycles. The normalized spacial score (nSPS) is 9.42. The lowest BCUT2D eigenvalue weighted by Crippen LogP contribution is -1.89. The van der Waals surface area contributed by atoms with Crippen LogP contribution in [0.3, 0.4) is 0 Å². The Labute approximate surface area is 82.5 Å². The van der Waals surface area contributed by atoms with Crippen molar-refractivity contribution in [2.45, 2.75) is 0 Å². The quantitative estimate of drug-likeness (QED) is 0.659. The van der Waals surface area contributed by atoms with Crippen LogP contribution >= 0.6 is 22.6 Å². The summed E-state index contributed by atoms with van der Waals surface area (Å²) in [6.45, 7) is 0. The molecule has 12 heavy (non-hydrogen) atoms.